The van der Waals surface area contributed by atoms with E-state index in [2.05, 4.69) is 19.2 Å². The Kier molecular flexibility index (Phi) is 6.55. The van der Waals surface area contributed by atoms with E-state index in [1.54, 1.807) is 28.6 Å². The fourth-order valence-corrected chi connectivity index (χ4v) is 5.60. The van der Waals surface area contributed by atoms with Crippen molar-refractivity contribution in [2.24, 2.45) is 11.8 Å². The van der Waals surface area contributed by atoms with Gasteiger partial charge in [0.2, 0.25) is 10.0 Å². The minimum absolute atomic E-state index is 0.0139. The normalized spacial score (nSPS) is 27.3. The summed E-state index contributed by atoms with van der Waals surface area (Å²) in [6, 6.07) is 6.57. The highest BCUT2D eigenvalue weighted by Crippen LogP contribution is 2.24. The molecule has 1 amide bonds. The molecule has 0 aromatic heterocycles. The first kappa shape index (κ1) is 20.3. The van der Waals surface area contributed by atoms with E-state index >= 15 is 0 Å². The van der Waals surface area contributed by atoms with Gasteiger partial charge in [-0.3, -0.25) is 4.79 Å². The van der Waals surface area contributed by atoms with Gasteiger partial charge in [-0.05, 0) is 61.8 Å². The van der Waals surface area contributed by atoms with Crippen molar-refractivity contribution in [2.75, 3.05) is 38.0 Å². The predicted molar refractivity (Wildman–Crippen MR) is 106 cm³/mol. The van der Waals surface area contributed by atoms with E-state index < -0.39 is 10.0 Å². The number of anilines is 1. The van der Waals surface area contributed by atoms with Crippen molar-refractivity contribution in [1.82, 2.24) is 4.31 Å². The molecule has 0 spiro atoms. The number of nitrogens with one attached hydrogen (secondary N) is 2. The Morgan fingerprint density at radius 3 is 2.41 bits per heavy atom. The fraction of sp³-hybridized carbons (Fsp3) is 0.650. The number of hydrogen-bond donors (Lipinski definition) is 2. The van der Waals surface area contributed by atoms with Crippen LogP contribution in [0.3, 0.4) is 0 Å². The van der Waals surface area contributed by atoms with Gasteiger partial charge in [-0.1, -0.05) is 13.8 Å². The van der Waals surface area contributed by atoms with E-state index in [9.17, 15) is 13.2 Å². The number of quaternary nitrogens is 1. The smallest absolute Gasteiger partial charge is 0.279 e. The molecular formula is C20H32N3O3S+. The lowest BCUT2D eigenvalue weighted by atomic mass is 9.99. The first-order valence-corrected chi connectivity index (χ1v) is 11.5. The second-order valence-corrected chi connectivity index (χ2v) is 10.2. The first-order chi connectivity index (χ1) is 12.8. The highest BCUT2D eigenvalue weighted by atomic mass is 32.2. The molecule has 2 N–H and O–H groups in total. The molecule has 150 valence electrons. The second kappa shape index (κ2) is 8.71. The van der Waals surface area contributed by atoms with E-state index in [1.165, 1.54) is 17.7 Å². The summed E-state index contributed by atoms with van der Waals surface area (Å²) in [7, 11) is -3.45. The molecule has 27 heavy (non-hydrogen) atoms. The van der Waals surface area contributed by atoms with Crippen molar-refractivity contribution in [2.45, 2.75) is 44.4 Å². The number of benzene rings is 1. The van der Waals surface area contributed by atoms with Gasteiger partial charge in [-0.2, -0.15) is 4.31 Å². The average Bonchev–Trinajstić information content (AvgIpc) is 2.64. The number of nitrogens with zero attached hydrogens (tertiary/aromatic N) is 1. The van der Waals surface area contributed by atoms with Gasteiger partial charge < -0.3 is 10.2 Å². The number of carbonyl (C=O) groups is 1. The first-order valence-electron chi connectivity index (χ1n) is 10.1. The Morgan fingerprint density at radius 2 is 1.78 bits per heavy atom. The maximum absolute atomic E-state index is 12.8. The summed E-state index contributed by atoms with van der Waals surface area (Å²) in [5.41, 5.74) is 0.649. The largest absolute Gasteiger partial charge is 0.327 e. The Balaban J connectivity index is 1.57. The Morgan fingerprint density at radius 1 is 1.11 bits per heavy atom. The molecule has 1 atom stereocenters. The van der Waals surface area contributed by atoms with Crippen LogP contribution in [0.2, 0.25) is 0 Å². The van der Waals surface area contributed by atoms with Crippen molar-refractivity contribution in [3.05, 3.63) is 24.3 Å². The highest BCUT2D eigenvalue weighted by Gasteiger charge is 2.28. The lowest BCUT2D eigenvalue weighted by molar-refractivity contribution is -0.897. The van der Waals surface area contributed by atoms with E-state index in [1.807, 2.05) is 0 Å². The molecule has 2 aliphatic heterocycles. The number of rotatable bonds is 5. The standard InChI is InChI=1S/C20H31N3O3S/c1-16-9-12-22(13-10-16)15-20(24)21-18-5-7-19(8-6-18)27(25,26)23-11-3-4-17(2)14-23/h5-8,16-17H,3-4,9-15H2,1-2H3,(H,21,24)/p+1/t17-/m0/s1. The maximum atomic E-state index is 12.8. The number of sulfonamides is 1. The summed E-state index contributed by atoms with van der Waals surface area (Å²) in [4.78, 5) is 13.9. The predicted octanol–water partition coefficient (Wildman–Crippen LogP) is 1.36. The van der Waals surface area contributed by atoms with Crippen molar-refractivity contribution < 1.29 is 18.1 Å². The zero-order valence-electron chi connectivity index (χ0n) is 16.4. The van der Waals surface area contributed by atoms with Crippen LogP contribution in [0, 0.1) is 11.8 Å². The summed E-state index contributed by atoms with van der Waals surface area (Å²) in [6.07, 6.45) is 4.33. The number of hydrogen-bond acceptors (Lipinski definition) is 3. The Bertz CT molecular complexity index is 740. The van der Waals surface area contributed by atoms with Crippen molar-refractivity contribution in [3.8, 4) is 0 Å². The van der Waals surface area contributed by atoms with Gasteiger partial charge in [0.25, 0.3) is 5.91 Å². The van der Waals surface area contributed by atoms with Crippen LogP contribution in [0.1, 0.15) is 39.5 Å². The van der Waals surface area contributed by atoms with Crippen molar-refractivity contribution in [1.29, 1.82) is 0 Å². The van der Waals surface area contributed by atoms with Gasteiger partial charge in [0.1, 0.15) is 0 Å². The molecule has 2 fully saturated rings. The average molecular weight is 395 g/mol. The quantitative estimate of drug-likeness (QED) is 0.792. The van der Waals surface area contributed by atoms with Gasteiger partial charge in [-0.15, -0.1) is 0 Å². The molecule has 0 unspecified atom stereocenters. The van der Waals surface area contributed by atoms with Crippen LogP contribution in [0.4, 0.5) is 5.69 Å². The van der Waals surface area contributed by atoms with Crippen LogP contribution in [0.15, 0.2) is 29.2 Å². The lowest BCUT2D eigenvalue weighted by Gasteiger charge is -2.30. The van der Waals surface area contributed by atoms with E-state index in [-0.39, 0.29) is 5.91 Å². The van der Waals surface area contributed by atoms with Gasteiger partial charge in [-0.25, -0.2) is 8.42 Å². The molecule has 2 aliphatic rings. The van der Waals surface area contributed by atoms with Crippen LogP contribution in [0.5, 0.6) is 0 Å². The van der Waals surface area contributed by atoms with E-state index in [4.69, 9.17) is 0 Å². The molecule has 6 nitrogen and oxygen atoms in total. The third-order valence-corrected chi connectivity index (χ3v) is 7.67. The van der Waals surface area contributed by atoms with Crippen LogP contribution in [0.25, 0.3) is 0 Å². The zero-order chi connectivity index (χ0) is 19.4. The Hall–Kier alpha value is -1.44. The molecule has 7 heteroatoms. The fourth-order valence-electron chi connectivity index (χ4n) is 4.00. The Labute approximate surface area is 163 Å². The van der Waals surface area contributed by atoms with Crippen LogP contribution < -0.4 is 10.2 Å². The van der Waals surface area contributed by atoms with Crippen LogP contribution in [-0.4, -0.2) is 51.4 Å². The SMILES string of the molecule is CC1CC[NH+](CC(=O)Nc2ccc(S(=O)(=O)N3CCC[C@H](C)C3)cc2)CC1. The number of likely N-dealkylation sites (tertiary alicyclic amines) is 1. The molecule has 0 bridgehead atoms. The van der Waals surface area contributed by atoms with E-state index in [0.717, 1.165) is 31.8 Å². The molecule has 2 saturated heterocycles. The van der Waals surface area contributed by atoms with Gasteiger partial charge in [0, 0.05) is 18.8 Å². The summed E-state index contributed by atoms with van der Waals surface area (Å²) >= 11 is 0. The van der Waals surface area contributed by atoms with Gasteiger partial charge in [0.15, 0.2) is 6.54 Å². The summed E-state index contributed by atoms with van der Waals surface area (Å²) in [6.45, 7) is 8.07. The zero-order valence-corrected chi connectivity index (χ0v) is 17.2. The number of carbonyl (C=O) groups excluding carboxylic acids is 1. The lowest BCUT2D eigenvalue weighted by Crippen LogP contribution is -3.14. The molecular weight excluding hydrogens is 362 g/mol. The van der Waals surface area contributed by atoms with Gasteiger partial charge >= 0.3 is 0 Å². The molecule has 0 saturated carbocycles. The minimum Gasteiger partial charge on any atom is -0.327 e. The number of amides is 1. The topological polar surface area (TPSA) is 70.9 Å². The van der Waals surface area contributed by atoms with Gasteiger partial charge in [0.05, 0.1) is 18.0 Å². The van der Waals surface area contributed by atoms with Crippen LogP contribution in [-0.2, 0) is 14.8 Å². The maximum Gasteiger partial charge on any atom is 0.279 e. The summed E-state index contributed by atoms with van der Waals surface area (Å²) in [5, 5.41) is 2.90. The summed E-state index contributed by atoms with van der Waals surface area (Å²) in [5.74, 6) is 1.14. The van der Waals surface area contributed by atoms with Crippen molar-refractivity contribution in [3.63, 3.8) is 0 Å². The van der Waals surface area contributed by atoms with E-state index in [0.29, 0.717) is 36.1 Å². The molecule has 2 heterocycles. The molecule has 3 rings (SSSR count). The van der Waals surface area contributed by atoms with Crippen LogP contribution >= 0.6 is 0 Å². The highest BCUT2D eigenvalue weighted by molar-refractivity contribution is 7.89. The molecule has 0 radical (unpaired) electrons. The van der Waals surface area contributed by atoms with Crippen molar-refractivity contribution >= 4 is 21.6 Å². The third-order valence-electron chi connectivity index (χ3n) is 5.79. The minimum atomic E-state index is -3.45. The molecule has 1 aromatic rings. The summed E-state index contributed by atoms with van der Waals surface area (Å²) < 4.78 is 27.2. The third kappa shape index (κ3) is 5.30. The molecule has 1 aromatic carbocycles. The molecule has 0 aliphatic carbocycles. The monoisotopic (exact) mass is 394 g/mol. The second-order valence-electron chi connectivity index (χ2n) is 8.29. The number of piperidine rings is 2.